The summed E-state index contributed by atoms with van der Waals surface area (Å²) in [6.07, 6.45) is 9.13. The smallest absolute Gasteiger partial charge is 0.0921 e. The first-order valence-electron chi connectivity index (χ1n) is 4.91. The first kappa shape index (κ1) is 12.3. The van der Waals surface area contributed by atoms with E-state index in [1.807, 2.05) is 0 Å². The first-order valence-corrected chi connectivity index (χ1v) is 6.31. The van der Waals surface area contributed by atoms with Gasteiger partial charge in [0, 0.05) is 0 Å². The molecule has 1 nitrogen and oxygen atoms in total. The van der Waals surface area contributed by atoms with E-state index in [-0.39, 0.29) is 0 Å². The highest BCUT2D eigenvalue weighted by molar-refractivity contribution is 7.98. The lowest BCUT2D eigenvalue weighted by molar-refractivity contribution is 0.0959. The van der Waals surface area contributed by atoms with E-state index in [9.17, 15) is 0 Å². The Morgan fingerprint density at radius 1 is 1.25 bits per heavy atom. The molecule has 0 saturated carbocycles. The molecule has 2 heteroatoms. The normalized spacial score (nSPS) is 13.2. The van der Waals surface area contributed by atoms with Gasteiger partial charge in [-0.1, -0.05) is 32.6 Å². The van der Waals surface area contributed by atoms with E-state index in [0.717, 1.165) is 5.94 Å². The summed E-state index contributed by atoms with van der Waals surface area (Å²) in [6, 6.07) is 0. The Labute approximate surface area is 81.3 Å². The van der Waals surface area contributed by atoms with E-state index in [4.69, 9.17) is 4.74 Å². The lowest BCUT2D eigenvalue weighted by atomic mass is 10.1. The maximum atomic E-state index is 5.53. The van der Waals surface area contributed by atoms with Crippen LogP contribution in [0.2, 0.25) is 0 Å². The molecule has 0 fully saturated rings. The summed E-state index contributed by atoms with van der Waals surface area (Å²) in [5, 5.41) is 0. The molecule has 0 rings (SSSR count). The number of ether oxygens (including phenoxy) is 1. The zero-order chi connectivity index (χ0) is 9.23. The van der Waals surface area contributed by atoms with Crippen molar-refractivity contribution in [2.75, 3.05) is 12.2 Å². The van der Waals surface area contributed by atoms with Gasteiger partial charge in [-0.2, -0.15) is 0 Å². The van der Waals surface area contributed by atoms with Crippen LogP contribution in [0.1, 0.15) is 46.0 Å². The molecule has 0 spiro atoms. The van der Waals surface area contributed by atoms with Crippen LogP contribution in [0.3, 0.4) is 0 Å². The van der Waals surface area contributed by atoms with Crippen molar-refractivity contribution in [2.24, 2.45) is 0 Å². The number of hydrogen-bond donors (Lipinski definition) is 0. The molecule has 0 aliphatic heterocycles. The lowest BCUT2D eigenvalue weighted by Crippen LogP contribution is -2.07. The van der Waals surface area contributed by atoms with Gasteiger partial charge < -0.3 is 4.74 Å². The number of rotatable bonds is 8. The van der Waals surface area contributed by atoms with Crippen LogP contribution >= 0.6 is 11.8 Å². The van der Waals surface area contributed by atoms with Gasteiger partial charge >= 0.3 is 0 Å². The van der Waals surface area contributed by atoms with E-state index in [0.29, 0.717) is 6.10 Å². The second kappa shape index (κ2) is 9.40. The third-order valence-electron chi connectivity index (χ3n) is 1.93. The molecule has 1 unspecified atom stereocenters. The zero-order valence-electron chi connectivity index (χ0n) is 8.64. The Morgan fingerprint density at radius 2 is 2.00 bits per heavy atom. The molecular weight excluding hydrogens is 168 g/mol. The summed E-state index contributed by atoms with van der Waals surface area (Å²) in [6.45, 7) is 4.41. The van der Waals surface area contributed by atoms with E-state index >= 15 is 0 Å². The molecule has 0 N–H and O–H groups in total. The third kappa shape index (κ3) is 8.41. The summed E-state index contributed by atoms with van der Waals surface area (Å²) in [7, 11) is 0. The summed E-state index contributed by atoms with van der Waals surface area (Å²) in [5.41, 5.74) is 0. The van der Waals surface area contributed by atoms with Crippen LogP contribution in [0.25, 0.3) is 0 Å². The van der Waals surface area contributed by atoms with Gasteiger partial charge in [-0.15, -0.1) is 11.8 Å². The quantitative estimate of drug-likeness (QED) is 0.426. The molecule has 0 radical (unpaired) electrons. The molecule has 0 bridgehead atoms. The molecule has 0 aliphatic rings. The van der Waals surface area contributed by atoms with Crippen LogP contribution in [0.15, 0.2) is 0 Å². The Bertz CT molecular complexity index is 85.9. The predicted molar refractivity (Wildman–Crippen MR) is 57.7 cm³/mol. The highest BCUT2D eigenvalue weighted by Gasteiger charge is 2.00. The molecule has 0 saturated heterocycles. The van der Waals surface area contributed by atoms with Crippen molar-refractivity contribution in [3.05, 3.63) is 0 Å². The lowest BCUT2D eigenvalue weighted by Gasteiger charge is -2.11. The minimum absolute atomic E-state index is 0.453. The second-order valence-corrected chi connectivity index (χ2v) is 4.05. The molecule has 1 atom stereocenters. The maximum Gasteiger partial charge on any atom is 0.0921 e. The monoisotopic (exact) mass is 190 g/mol. The molecule has 0 heterocycles. The topological polar surface area (TPSA) is 9.23 Å². The van der Waals surface area contributed by atoms with Crippen molar-refractivity contribution < 1.29 is 4.74 Å². The van der Waals surface area contributed by atoms with E-state index in [1.165, 1.54) is 32.1 Å². The fraction of sp³-hybridized carbons (Fsp3) is 1.00. The number of hydrogen-bond acceptors (Lipinski definition) is 2. The van der Waals surface area contributed by atoms with Crippen LogP contribution in [0.5, 0.6) is 0 Å². The molecule has 0 aromatic heterocycles. The molecular formula is C10H22OS. The predicted octanol–water partition coefficient (Wildman–Crippen LogP) is 3.68. The highest BCUT2D eigenvalue weighted by atomic mass is 32.2. The van der Waals surface area contributed by atoms with Gasteiger partial charge in [0.1, 0.15) is 0 Å². The Morgan fingerprint density at radius 3 is 2.58 bits per heavy atom. The summed E-state index contributed by atoms with van der Waals surface area (Å²) >= 11 is 1.75. The Balaban J connectivity index is 3.02. The van der Waals surface area contributed by atoms with Crippen molar-refractivity contribution in [3.63, 3.8) is 0 Å². The molecule has 12 heavy (non-hydrogen) atoms. The Hall–Kier alpha value is 0.310. The number of unbranched alkanes of at least 4 members (excludes halogenated alkanes) is 3. The summed E-state index contributed by atoms with van der Waals surface area (Å²) in [5.74, 6) is 0.842. The van der Waals surface area contributed by atoms with Gasteiger partial charge in [0.05, 0.1) is 12.0 Å². The molecule has 74 valence electrons. The van der Waals surface area contributed by atoms with Gasteiger partial charge in [0.25, 0.3) is 0 Å². The standard InChI is InChI=1S/C10H22OS/c1-4-5-6-7-8-10(2)11-9-12-3/h10H,4-9H2,1-3H3. The van der Waals surface area contributed by atoms with Crippen molar-refractivity contribution in [1.29, 1.82) is 0 Å². The van der Waals surface area contributed by atoms with E-state index < -0.39 is 0 Å². The largest absolute Gasteiger partial charge is 0.368 e. The minimum Gasteiger partial charge on any atom is -0.368 e. The SMILES string of the molecule is CCCCCCC(C)OCSC. The summed E-state index contributed by atoms with van der Waals surface area (Å²) < 4.78 is 5.53. The minimum atomic E-state index is 0.453. The fourth-order valence-electron chi connectivity index (χ4n) is 1.13. The van der Waals surface area contributed by atoms with Crippen LogP contribution < -0.4 is 0 Å². The van der Waals surface area contributed by atoms with Crippen LogP contribution in [0.4, 0.5) is 0 Å². The van der Waals surface area contributed by atoms with Gasteiger partial charge in [-0.25, -0.2) is 0 Å². The molecule has 0 aromatic rings. The van der Waals surface area contributed by atoms with Crippen LogP contribution in [-0.2, 0) is 4.74 Å². The molecule has 0 amide bonds. The average molecular weight is 190 g/mol. The van der Waals surface area contributed by atoms with Gasteiger partial charge in [0.15, 0.2) is 0 Å². The van der Waals surface area contributed by atoms with Crippen LogP contribution in [0, 0.1) is 0 Å². The molecule has 0 aliphatic carbocycles. The zero-order valence-corrected chi connectivity index (χ0v) is 9.45. The third-order valence-corrected chi connectivity index (χ3v) is 2.31. The summed E-state index contributed by atoms with van der Waals surface area (Å²) in [4.78, 5) is 0. The van der Waals surface area contributed by atoms with Gasteiger partial charge in [-0.3, -0.25) is 0 Å². The fourth-order valence-corrected chi connectivity index (χ4v) is 1.49. The van der Waals surface area contributed by atoms with Gasteiger partial charge in [0.2, 0.25) is 0 Å². The van der Waals surface area contributed by atoms with Crippen molar-refractivity contribution in [1.82, 2.24) is 0 Å². The van der Waals surface area contributed by atoms with Crippen molar-refractivity contribution in [3.8, 4) is 0 Å². The van der Waals surface area contributed by atoms with Crippen molar-refractivity contribution in [2.45, 2.75) is 52.1 Å². The first-order chi connectivity index (χ1) is 5.81. The van der Waals surface area contributed by atoms with Gasteiger partial charge in [-0.05, 0) is 19.6 Å². The number of thioether (sulfide) groups is 1. The molecule has 0 aromatic carbocycles. The van der Waals surface area contributed by atoms with Crippen LogP contribution in [-0.4, -0.2) is 18.3 Å². The second-order valence-electron chi connectivity index (χ2n) is 3.23. The van der Waals surface area contributed by atoms with E-state index in [2.05, 4.69) is 20.1 Å². The Kier molecular flexibility index (Phi) is 9.64. The van der Waals surface area contributed by atoms with Crippen molar-refractivity contribution >= 4 is 11.8 Å². The maximum absolute atomic E-state index is 5.53. The van der Waals surface area contributed by atoms with E-state index in [1.54, 1.807) is 11.8 Å². The average Bonchev–Trinajstić information content (AvgIpc) is 2.09. The highest BCUT2D eigenvalue weighted by Crippen LogP contribution is 2.08.